The molecule has 104 valence electrons. The fourth-order valence-electron chi connectivity index (χ4n) is 2.17. The van der Waals surface area contributed by atoms with Gasteiger partial charge in [0.15, 0.2) is 0 Å². The lowest BCUT2D eigenvalue weighted by Gasteiger charge is -2.34. The third-order valence-corrected chi connectivity index (χ3v) is 3.83. The molecule has 1 unspecified atom stereocenters. The molecule has 5 heteroatoms. The normalized spacial score (nSPS) is 20.2. The van der Waals surface area contributed by atoms with Crippen molar-refractivity contribution in [1.29, 1.82) is 0 Å². The summed E-state index contributed by atoms with van der Waals surface area (Å²) in [5.74, 6) is -0.600. The predicted octanol–water partition coefficient (Wildman–Crippen LogP) is 2.12. The van der Waals surface area contributed by atoms with E-state index in [0.717, 1.165) is 19.3 Å². The first-order chi connectivity index (χ1) is 8.37. The van der Waals surface area contributed by atoms with E-state index >= 15 is 0 Å². The van der Waals surface area contributed by atoms with E-state index in [1.807, 2.05) is 20.8 Å². The van der Waals surface area contributed by atoms with Gasteiger partial charge in [-0.05, 0) is 25.7 Å². The molecule has 1 fully saturated rings. The number of hydrogen-bond acceptors (Lipinski definition) is 2. The highest BCUT2D eigenvalue weighted by molar-refractivity contribution is 5.86. The third kappa shape index (κ3) is 3.62. The minimum absolute atomic E-state index is 0.0273. The van der Waals surface area contributed by atoms with E-state index < -0.39 is 11.5 Å². The van der Waals surface area contributed by atoms with E-state index in [4.69, 9.17) is 0 Å². The van der Waals surface area contributed by atoms with Crippen LogP contribution in [0.5, 0.6) is 0 Å². The van der Waals surface area contributed by atoms with Crippen LogP contribution in [0.4, 0.5) is 4.79 Å². The van der Waals surface area contributed by atoms with Gasteiger partial charge < -0.3 is 15.7 Å². The Kier molecular flexibility index (Phi) is 4.99. The Morgan fingerprint density at radius 3 is 2.11 bits per heavy atom. The first-order valence-electron chi connectivity index (χ1n) is 6.69. The van der Waals surface area contributed by atoms with Gasteiger partial charge in [0.05, 0.1) is 0 Å². The average Bonchev–Trinajstić information content (AvgIpc) is 2.29. The van der Waals surface area contributed by atoms with E-state index in [0.29, 0.717) is 18.8 Å². The molecule has 1 atom stereocenters. The minimum atomic E-state index is -1.07. The van der Waals surface area contributed by atoms with Gasteiger partial charge in [-0.1, -0.05) is 33.1 Å². The molecule has 3 N–H and O–H groups in total. The van der Waals surface area contributed by atoms with Crippen LogP contribution in [0.15, 0.2) is 0 Å². The van der Waals surface area contributed by atoms with Gasteiger partial charge in [0.2, 0.25) is 0 Å². The molecule has 0 saturated heterocycles. The van der Waals surface area contributed by atoms with Crippen molar-refractivity contribution < 1.29 is 14.7 Å². The molecule has 18 heavy (non-hydrogen) atoms. The van der Waals surface area contributed by atoms with Crippen LogP contribution in [0.1, 0.15) is 52.9 Å². The van der Waals surface area contributed by atoms with Crippen molar-refractivity contribution in [3.05, 3.63) is 0 Å². The molecule has 0 spiro atoms. The second-order valence-corrected chi connectivity index (χ2v) is 5.58. The maximum absolute atomic E-state index is 11.9. The fourth-order valence-corrected chi connectivity index (χ4v) is 2.17. The molecule has 1 aliphatic carbocycles. The largest absolute Gasteiger partial charge is 0.480 e. The summed E-state index contributed by atoms with van der Waals surface area (Å²) in [6, 6.07) is -0.347. The van der Waals surface area contributed by atoms with Crippen molar-refractivity contribution >= 4 is 12.0 Å². The quantitative estimate of drug-likeness (QED) is 0.721. The van der Waals surface area contributed by atoms with Crippen molar-refractivity contribution in [2.45, 2.75) is 64.5 Å². The zero-order valence-electron chi connectivity index (χ0n) is 11.5. The molecule has 2 amide bonds. The molecule has 1 aliphatic rings. The van der Waals surface area contributed by atoms with Crippen molar-refractivity contribution in [3.8, 4) is 0 Å². The molecule has 1 saturated carbocycles. The number of carbonyl (C=O) groups is 2. The smallest absolute Gasteiger partial charge is 0.329 e. The van der Waals surface area contributed by atoms with Gasteiger partial charge in [-0.25, -0.2) is 9.59 Å². The maximum atomic E-state index is 11.9. The lowest BCUT2D eigenvalue weighted by atomic mass is 9.82. The molecular formula is C13H24N2O3. The number of hydrogen-bond donors (Lipinski definition) is 3. The zero-order chi connectivity index (χ0) is 13.8. The Hall–Kier alpha value is -1.26. The second kappa shape index (κ2) is 6.07. The number of nitrogens with one attached hydrogen (secondary N) is 2. The molecule has 5 nitrogen and oxygen atoms in total. The number of aliphatic carboxylic acids is 1. The van der Waals surface area contributed by atoms with Crippen LogP contribution in [0.25, 0.3) is 0 Å². The van der Waals surface area contributed by atoms with Gasteiger partial charge in [0.25, 0.3) is 0 Å². The summed E-state index contributed by atoms with van der Waals surface area (Å²) in [4.78, 5) is 23.2. The van der Waals surface area contributed by atoms with Crippen LogP contribution in [-0.4, -0.2) is 28.7 Å². The van der Waals surface area contributed by atoms with Gasteiger partial charge in [0, 0.05) is 6.04 Å². The maximum Gasteiger partial charge on any atom is 0.329 e. The van der Waals surface area contributed by atoms with Gasteiger partial charge in [0.1, 0.15) is 5.54 Å². The van der Waals surface area contributed by atoms with Crippen molar-refractivity contribution in [1.82, 2.24) is 10.6 Å². The first kappa shape index (κ1) is 14.8. The van der Waals surface area contributed by atoms with Crippen molar-refractivity contribution in [2.75, 3.05) is 0 Å². The summed E-state index contributed by atoms with van der Waals surface area (Å²) in [5, 5.41) is 14.8. The summed E-state index contributed by atoms with van der Waals surface area (Å²) in [7, 11) is 0. The molecule has 0 radical (unpaired) electrons. The number of urea groups is 1. The number of rotatable bonds is 4. The Morgan fingerprint density at radius 2 is 1.67 bits per heavy atom. The molecule has 0 bridgehead atoms. The number of carboxylic acid groups (broad SMARTS) is 1. The summed E-state index contributed by atoms with van der Waals surface area (Å²) < 4.78 is 0. The number of carboxylic acids is 1. The van der Waals surface area contributed by atoms with Crippen LogP contribution in [0, 0.1) is 5.92 Å². The van der Waals surface area contributed by atoms with E-state index in [1.165, 1.54) is 0 Å². The molecular weight excluding hydrogens is 232 g/mol. The number of carbonyl (C=O) groups excluding carboxylic acids is 1. The van der Waals surface area contributed by atoms with Crippen LogP contribution >= 0.6 is 0 Å². The SMILES string of the molecule is CC(C)C(C)NC(=O)NC1(C(=O)O)CCCCC1. The molecule has 0 aromatic carbocycles. The first-order valence-corrected chi connectivity index (χ1v) is 6.69. The average molecular weight is 256 g/mol. The Bertz CT molecular complexity index is 309. The molecule has 0 aromatic heterocycles. The van der Waals surface area contributed by atoms with Crippen LogP contribution < -0.4 is 10.6 Å². The number of amides is 2. The van der Waals surface area contributed by atoms with Crippen LogP contribution in [-0.2, 0) is 4.79 Å². The highest BCUT2D eigenvalue weighted by Gasteiger charge is 2.41. The lowest BCUT2D eigenvalue weighted by Crippen LogP contribution is -2.59. The predicted molar refractivity (Wildman–Crippen MR) is 69.4 cm³/mol. The van der Waals surface area contributed by atoms with Crippen molar-refractivity contribution in [3.63, 3.8) is 0 Å². The summed E-state index contributed by atoms with van der Waals surface area (Å²) >= 11 is 0. The van der Waals surface area contributed by atoms with E-state index in [-0.39, 0.29) is 12.1 Å². The van der Waals surface area contributed by atoms with Gasteiger partial charge >= 0.3 is 12.0 Å². The van der Waals surface area contributed by atoms with Crippen LogP contribution in [0.2, 0.25) is 0 Å². The topological polar surface area (TPSA) is 78.4 Å². The lowest BCUT2D eigenvalue weighted by molar-refractivity contribution is -0.145. The highest BCUT2D eigenvalue weighted by atomic mass is 16.4. The Labute approximate surface area is 108 Å². The van der Waals surface area contributed by atoms with E-state index in [9.17, 15) is 14.7 Å². The summed E-state index contributed by atoms with van der Waals surface area (Å²) in [6.07, 6.45) is 3.79. The van der Waals surface area contributed by atoms with Gasteiger partial charge in [-0.3, -0.25) is 0 Å². The third-order valence-electron chi connectivity index (χ3n) is 3.83. The van der Waals surface area contributed by atoms with Crippen LogP contribution in [0.3, 0.4) is 0 Å². The monoisotopic (exact) mass is 256 g/mol. The molecule has 0 heterocycles. The molecule has 0 aliphatic heterocycles. The van der Waals surface area contributed by atoms with Gasteiger partial charge in [-0.2, -0.15) is 0 Å². The van der Waals surface area contributed by atoms with Crippen molar-refractivity contribution in [2.24, 2.45) is 5.92 Å². The Balaban J connectivity index is 2.61. The summed E-state index contributed by atoms with van der Waals surface area (Å²) in [6.45, 7) is 5.94. The van der Waals surface area contributed by atoms with E-state index in [1.54, 1.807) is 0 Å². The standard InChI is InChI=1S/C13H24N2O3/c1-9(2)10(3)14-12(18)15-13(11(16)17)7-5-4-6-8-13/h9-10H,4-8H2,1-3H3,(H,16,17)(H2,14,15,18). The zero-order valence-corrected chi connectivity index (χ0v) is 11.5. The Morgan fingerprint density at radius 1 is 1.11 bits per heavy atom. The summed E-state index contributed by atoms with van der Waals surface area (Å²) in [5.41, 5.74) is -1.07. The molecule has 0 aromatic rings. The second-order valence-electron chi connectivity index (χ2n) is 5.58. The fraction of sp³-hybridized carbons (Fsp3) is 0.846. The minimum Gasteiger partial charge on any atom is -0.480 e. The highest BCUT2D eigenvalue weighted by Crippen LogP contribution is 2.28. The molecule has 1 rings (SSSR count). The van der Waals surface area contributed by atoms with E-state index in [2.05, 4.69) is 10.6 Å². The van der Waals surface area contributed by atoms with Gasteiger partial charge in [-0.15, -0.1) is 0 Å².